The predicted molar refractivity (Wildman–Crippen MR) is 89.3 cm³/mol. The zero-order chi connectivity index (χ0) is 16.6. The highest BCUT2D eigenvalue weighted by Gasteiger charge is 2.38. The molecule has 6 heteroatoms. The van der Waals surface area contributed by atoms with Gasteiger partial charge in [-0.25, -0.2) is 0 Å². The summed E-state index contributed by atoms with van der Waals surface area (Å²) in [6, 6.07) is 0.0376. The van der Waals surface area contributed by atoms with Crippen molar-refractivity contribution in [3.05, 3.63) is 11.6 Å². The third-order valence-electron chi connectivity index (χ3n) is 6.02. The van der Waals surface area contributed by atoms with Gasteiger partial charge in [0, 0.05) is 19.5 Å². The van der Waals surface area contributed by atoms with Gasteiger partial charge in [0.15, 0.2) is 5.82 Å². The van der Waals surface area contributed by atoms with Crippen LogP contribution in [0.25, 0.3) is 0 Å². The van der Waals surface area contributed by atoms with Crippen molar-refractivity contribution < 1.29 is 9.90 Å². The molecular formula is C18H28N4O2. The maximum Gasteiger partial charge on any atom is 0.226 e. The van der Waals surface area contributed by atoms with Crippen molar-refractivity contribution in [3.63, 3.8) is 0 Å². The number of amides is 1. The predicted octanol–water partition coefficient (Wildman–Crippen LogP) is 2.36. The largest absolute Gasteiger partial charge is 0.389 e. The first kappa shape index (κ1) is 16.1. The van der Waals surface area contributed by atoms with Crippen LogP contribution in [-0.2, 0) is 17.8 Å². The molecule has 0 aromatic carbocycles. The molecule has 1 amide bonds. The van der Waals surface area contributed by atoms with Crippen molar-refractivity contribution in [2.24, 2.45) is 0 Å². The highest BCUT2D eigenvalue weighted by atomic mass is 16.3. The fourth-order valence-corrected chi connectivity index (χ4v) is 4.67. The number of aliphatic hydroxyl groups is 1. The van der Waals surface area contributed by atoms with Crippen LogP contribution in [0.3, 0.4) is 0 Å². The van der Waals surface area contributed by atoms with Gasteiger partial charge in [-0.15, -0.1) is 10.2 Å². The molecule has 132 valence electrons. The molecule has 3 aliphatic rings. The Bertz CT molecular complexity index is 606. The van der Waals surface area contributed by atoms with Crippen LogP contribution in [0.1, 0.15) is 81.9 Å². The van der Waals surface area contributed by atoms with Crippen molar-refractivity contribution in [2.45, 2.75) is 88.8 Å². The van der Waals surface area contributed by atoms with Gasteiger partial charge in [0.05, 0.1) is 18.1 Å². The Morgan fingerprint density at radius 2 is 1.88 bits per heavy atom. The van der Waals surface area contributed by atoms with Crippen molar-refractivity contribution in [1.29, 1.82) is 0 Å². The quantitative estimate of drug-likeness (QED) is 0.922. The Morgan fingerprint density at radius 1 is 1.08 bits per heavy atom. The zero-order valence-corrected chi connectivity index (χ0v) is 14.4. The lowest BCUT2D eigenvalue weighted by molar-refractivity contribution is -0.140. The molecule has 1 atom stereocenters. The van der Waals surface area contributed by atoms with Gasteiger partial charge in [-0.2, -0.15) is 0 Å². The van der Waals surface area contributed by atoms with E-state index in [-0.39, 0.29) is 18.4 Å². The molecule has 6 nitrogen and oxygen atoms in total. The number of carbonyl (C=O) groups is 1. The third-order valence-corrected chi connectivity index (χ3v) is 6.02. The Labute approximate surface area is 143 Å². The number of carbonyl (C=O) groups excluding carboxylic acids is 1. The Morgan fingerprint density at radius 3 is 2.71 bits per heavy atom. The van der Waals surface area contributed by atoms with Gasteiger partial charge >= 0.3 is 0 Å². The van der Waals surface area contributed by atoms with Crippen LogP contribution in [0.2, 0.25) is 0 Å². The van der Waals surface area contributed by atoms with Crippen LogP contribution >= 0.6 is 0 Å². The smallest absolute Gasteiger partial charge is 0.226 e. The lowest BCUT2D eigenvalue weighted by Gasteiger charge is -2.37. The monoisotopic (exact) mass is 332 g/mol. The van der Waals surface area contributed by atoms with Gasteiger partial charge in [-0.3, -0.25) is 4.79 Å². The van der Waals surface area contributed by atoms with E-state index in [1.165, 1.54) is 12.8 Å². The number of hydrogen-bond acceptors (Lipinski definition) is 4. The summed E-state index contributed by atoms with van der Waals surface area (Å²) < 4.78 is 2.24. The molecule has 0 bridgehead atoms. The number of piperidine rings is 1. The Kier molecular flexibility index (Phi) is 4.33. The molecule has 1 saturated carbocycles. The molecule has 1 aromatic rings. The van der Waals surface area contributed by atoms with Gasteiger partial charge in [0.2, 0.25) is 5.91 Å². The van der Waals surface area contributed by atoms with E-state index in [0.29, 0.717) is 0 Å². The average Bonchev–Trinajstić information content (AvgIpc) is 3.21. The molecule has 0 radical (unpaired) electrons. The van der Waals surface area contributed by atoms with Gasteiger partial charge < -0.3 is 14.6 Å². The van der Waals surface area contributed by atoms with Crippen molar-refractivity contribution in [1.82, 2.24) is 19.7 Å². The molecule has 2 fully saturated rings. The normalized spacial score (nSPS) is 26.4. The van der Waals surface area contributed by atoms with E-state index < -0.39 is 5.60 Å². The molecule has 1 N–H and O–H groups in total. The van der Waals surface area contributed by atoms with Gasteiger partial charge in [0.25, 0.3) is 0 Å². The van der Waals surface area contributed by atoms with Crippen molar-refractivity contribution in [3.8, 4) is 0 Å². The van der Waals surface area contributed by atoms with E-state index in [1.54, 1.807) is 0 Å². The first-order valence-corrected chi connectivity index (χ1v) is 9.60. The topological polar surface area (TPSA) is 71.2 Å². The minimum Gasteiger partial charge on any atom is -0.389 e. The number of aryl methyl sites for hydroxylation is 1. The molecule has 1 aliphatic carbocycles. The lowest BCUT2D eigenvalue weighted by Crippen LogP contribution is -2.43. The van der Waals surface area contributed by atoms with Crippen LogP contribution in [-0.4, -0.2) is 42.8 Å². The lowest BCUT2D eigenvalue weighted by atomic mass is 9.94. The van der Waals surface area contributed by atoms with E-state index in [1.807, 2.05) is 4.90 Å². The van der Waals surface area contributed by atoms with Gasteiger partial charge in [-0.05, 0) is 44.9 Å². The summed E-state index contributed by atoms with van der Waals surface area (Å²) in [5.74, 6) is 2.14. The SMILES string of the molecule is O=C(CC1(O)CCCC1)N1CCCCC1c1nnc2n1CCCC2. The van der Waals surface area contributed by atoms with Crippen molar-refractivity contribution >= 4 is 5.91 Å². The van der Waals surface area contributed by atoms with Crippen LogP contribution in [0, 0.1) is 0 Å². The van der Waals surface area contributed by atoms with Crippen LogP contribution in [0.4, 0.5) is 0 Å². The molecule has 1 unspecified atom stereocenters. The second-order valence-corrected chi connectivity index (χ2v) is 7.79. The first-order chi connectivity index (χ1) is 11.7. The summed E-state index contributed by atoms with van der Waals surface area (Å²) in [4.78, 5) is 14.9. The maximum atomic E-state index is 12.9. The first-order valence-electron chi connectivity index (χ1n) is 9.60. The molecule has 4 rings (SSSR count). The van der Waals surface area contributed by atoms with Crippen LogP contribution in [0.5, 0.6) is 0 Å². The minimum absolute atomic E-state index is 0.0376. The number of nitrogens with zero attached hydrogens (tertiary/aromatic N) is 4. The molecule has 3 heterocycles. The van der Waals surface area contributed by atoms with E-state index in [2.05, 4.69) is 14.8 Å². The minimum atomic E-state index is -0.774. The molecule has 2 aliphatic heterocycles. The molecule has 1 saturated heterocycles. The van der Waals surface area contributed by atoms with E-state index in [4.69, 9.17) is 0 Å². The third kappa shape index (κ3) is 2.96. The number of hydrogen-bond donors (Lipinski definition) is 1. The molecule has 0 spiro atoms. The van der Waals surface area contributed by atoms with Gasteiger partial charge in [-0.1, -0.05) is 12.8 Å². The maximum absolute atomic E-state index is 12.9. The van der Waals surface area contributed by atoms with E-state index >= 15 is 0 Å². The highest BCUT2D eigenvalue weighted by Crippen LogP contribution is 2.36. The summed E-state index contributed by atoms with van der Waals surface area (Å²) in [7, 11) is 0. The fraction of sp³-hybridized carbons (Fsp3) is 0.833. The standard InChI is InChI=1S/C18H28N4O2/c23-16(13-18(24)9-3-4-10-18)21-11-5-1-7-14(21)17-20-19-15-8-2-6-12-22(15)17/h14,24H,1-13H2. The summed E-state index contributed by atoms with van der Waals surface area (Å²) in [5, 5.41) is 19.4. The summed E-state index contributed by atoms with van der Waals surface area (Å²) in [6.45, 7) is 1.75. The van der Waals surface area contributed by atoms with Gasteiger partial charge in [0.1, 0.15) is 5.82 Å². The van der Waals surface area contributed by atoms with E-state index in [9.17, 15) is 9.90 Å². The fourth-order valence-electron chi connectivity index (χ4n) is 4.67. The number of aromatic nitrogens is 3. The summed E-state index contributed by atoms with van der Waals surface area (Å²) in [6.07, 6.45) is 10.3. The van der Waals surface area contributed by atoms with E-state index in [0.717, 1.165) is 76.1 Å². The number of likely N-dealkylation sites (tertiary alicyclic amines) is 1. The Hall–Kier alpha value is -1.43. The average molecular weight is 332 g/mol. The second-order valence-electron chi connectivity index (χ2n) is 7.79. The molecule has 24 heavy (non-hydrogen) atoms. The van der Waals surface area contributed by atoms with Crippen molar-refractivity contribution in [2.75, 3.05) is 6.54 Å². The molecular weight excluding hydrogens is 304 g/mol. The Balaban J connectivity index is 1.54. The second kappa shape index (κ2) is 6.47. The number of rotatable bonds is 3. The van der Waals surface area contributed by atoms with Crippen LogP contribution < -0.4 is 0 Å². The summed E-state index contributed by atoms with van der Waals surface area (Å²) in [5.41, 5.74) is -0.774. The summed E-state index contributed by atoms with van der Waals surface area (Å²) >= 11 is 0. The number of fused-ring (bicyclic) bond motifs is 1. The van der Waals surface area contributed by atoms with Crippen LogP contribution in [0.15, 0.2) is 0 Å². The zero-order valence-electron chi connectivity index (χ0n) is 14.4. The highest BCUT2D eigenvalue weighted by molar-refractivity contribution is 5.78. The molecule has 1 aromatic heterocycles.